The van der Waals surface area contributed by atoms with Crippen molar-refractivity contribution in [2.45, 2.75) is 33.1 Å². The van der Waals surface area contributed by atoms with Gasteiger partial charge in [-0.3, -0.25) is 9.78 Å². The minimum atomic E-state index is -0.942. The quantitative estimate of drug-likeness (QED) is 0.821. The van der Waals surface area contributed by atoms with Crippen LogP contribution in [0.25, 0.3) is 0 Å². The van der Waals surface area contributed by atoms with Crippen LogP contribution in [0.15, 0.2) is 48.8 Å². The molecule has 0 radical (unpaired) electrons. The van der Waals surface area contributed by atoms with E-state index >= 15 is 0 Å². The number of aromatic carboxylic acids is 1. The summed E-state index contributed by atoms with van der Waals surface area (Å²) in [5.74, 6) is -1.50. The summed E-state index contributed by atoms with van der Waals surface area (Å²) in [5.41, 5.74) is 2.36. The molecule has 0 amide bonds. The third kappa shape index (κ3) is 8.48. The van der Waals surface area contributed by atoms with E-state index in [1.54, 1.807) is 13.0 Å². The van der Waals surface area contributed by atoms with Crippen LogP contribution in [0.5, 0.6) is 0 Å². The number of aromatic nitrogens is 1. The molecule has 5 nitrogen and oxygen atoms in total. The number of carbonyl (C=O) groups is 2. The molecule has 2 aromatic rings. The van der Waals surface area contributed by atoms with Gasteiger partial charge < -0.3 is 10.2 Å². The van der Waals surface area contributed by atoms with Gasteiger partial charge in [-0.1, -0.05) is 38.1 Å². The summed E-state index contributed by atoms with van der Waals surface area (Å²) in [6.45, 7) is 6.06. The van der Waals surface area contributed by atoms with E-state index in [2.05, 4.69) is 18.8 Å². The second-order valence-corrected chi connectivity index (χ2v) is 5.95. The first kappa shape index (κ1) is 22.8. The molecule has 1 aromatic heterocycles. The van der Waals surface area contributed by atoms with Crippen LogP contribution >= 0.6 is 0 Å². The van der Waals surface area contributed by atoms with Gasteiger partial charge in [-0.2, -0.15) is 0 Å². The summed E-state index contributed by atoms with van der Waals surface area (Å²) in [6, 6.07) is 11.0. The number of pyridine rings is 1. The van der Waals surface area contributed by atoms with E-state index in [1.807, 2.05) is 24.3 Å². The molecule has 0 aliphatic rings. The number of carboxylic acid groups (broad SMARTS) is 2. The molecule has 2 rings (SSSR count). The summed E-state index contributed by atoms with van der Waals surface area (Å²) >= 11 is 0. The zero-order chi connectivity index (χ0) is 18.1. The van der Waals surface area contributed by atoms with Gasteiger partial charge in [0, 0.05) is 29.8 Å². The Hall–Kier alpha value is -2.16. The molecule has 0 spiro atoms. The molecule has 0 saturated heterocycles. The van der Waals surface area contributed by atoms with Crippen LogP contribution in [0, 0.1) is 5.92 Å². The van der Waals surface area contributed by atoms with E-state index in [9.17, 15) is 9.59 Å². The number of hydrogen-bond acceptors (Lipinski definition) is 3. The number of nitrogens with zero attached hydrogens (tertiary/aromatic N) is 1. The van der Waals surface area contributed by atoms with Gasteiger partial charge in [0.15, 0.2) is 0 Å². The van der Waals surface area contributed by atoms with Gasteiger partial charge in [-0.05, 0) is 42.5 Å². The number of benzene rings is 1. The van der Waals surface area contributed by atoms with Crippen molar-refractivity contribution in [3.05, 3.63) is 65.5 Å². The van der Waals surface area contributed by atoms with Gasteiger partial charge >= 0.3 is 11.9 Å². The first-order valence-corrected chi connectivity index (χ1v) is 7.76. The number of aliphatic carboxylic acids is 1. The Labute approximate surface area is 158 Å². The Morgan fingerprint density at radius 1 is 1.04 bits per heavy atom. The third-order valence-electron chi connectivity index (χ3n) is 3.40. The van der Waals surface area contributed by atoms with E-state index in [4.69, 9.17) is 10.2 Å². The molecular formula is C19H23CrNO4. The largest absolute Gasteiger partial charge is 0.481 e. The average molecular weight is 381 g/mol. The maximum Gasteiger partial charge on any atom is 0.337 e. The summed E-state index contributed by atoms with van der Waals surface area (Å²) in [4.78, 5) is 24.5. The van der Waals surface area contributed by atoms with Gasteiger partial charge in [-0.25, -0.2) is 4.79 Å². The van der Waals surface area contributed by atoms with Crippen LogP contribution in [0.1, 0.15) is 48.2 Å². The monoisotopic (exact) mass is 381 g/mol. The van der Waals surface area contributed by atoms with Crippen molar-refractivity contribution in [2.24, 2.45) is 5.92 Å². The van der Waals surface area contributed by atoms with Crippen molar-refractivity contribution < 1.29 is 37.2 Å². The number of carboxylic acids is 2. The van der Waals surface area contributed by atoms with Crippen LogP contribution in [-0.4, -0.2) is 27.1 Å². The predicted octanol–water partition coefficient (Wildman–Crippen LogP) is 3.85. The Morgan fingerprint density at radius 2 is 1.64 bits per heavy atom. The predicted molar refractivity (Wildman–Crippen MR) is 92.2 cm³/mol. The number of hydrogen-bond donors (Lipinski definition) is 2. The van der Waals surface area contributed by atoms with Crippen LogP contribution < -0.4 is 0 Å². The maximum atomic E-state index is 10.8. The normalized spacial score (nSPS) is 10.9. The first-order valence-electron chi connectivity index (χ1n) is 7.76. The molecule has 2 N–H and O–H groups in total. The molecule has 25 heavy (non-hydrogen) atoms. The van der Waals surface area contributed by atoms with Crippen molar-refractivity contribution in [2.75, 3.05) is 0 Å². The van der Waals surface area contributed by atoms with Crippen LogP contribution in [0.3, 0.4) is 0 Å². The molecule has 1 aromatic carbocycles. The van der Waals surface area contributed by atoms with Gasteiger partial charge in [0.25, 0.3) is 0 Å². The van der Waals surface area contributed by atoms with E-state index in [-0.39, 0.29) is 22.9 Å². The minimum Gasteiger partial charge on any atom is -0.481 e. The fourth-order valence-electron chi connectivity index (χ4n) is 2.05. The van der Waals surface area contributed by atoms with Gasteiger partial charge in [0.05, 0.1) is 11.5 Å². The van der Waals surface area contributed by atoms with Crippen molar-refractivity contribution in [1.29, 1.82) is 0 Å². The Kier molecular flexibility index (Phi) is 10.4. The summed E-state index contributed by atoms with van der Waals surface area (Å²) in [6.07, 6.45) is 3.89. The number of rotatable bonds is 5. The van der Waals surface area contributed by atoms with Crippen molar-refractivity contribution in [1.82, 2.24) is 4.98 Å². The van der Waals surface area contributed by atoms with Crippen LogP contribution in [-0.2, 0) is 28.6 Å². The molecular weight excluding hydrogens is 358 g/mol. The fourth-order valence-corrected chi connectivity index (χ4v) is 2.05. The Morgan fingerprint density at radius 3 is 2.00 bits per heavy atom. The van der Waals surface area contributed by atoms with Crippen molar-refractivity contribution >= 4 is 11.9 Å². The molecule has 1 atom stereocenters. The molecule has 0 aliphatic heterocycles. The molecule has 0 saturated carbocycles. The van der Waals surface area contributed by atoms with Gasteiger partial charge in [0.1, 0.15) is 0 Å². The van der Waals surface area contributed by atoms with Crippen molar-refractivity contribution in [3.8, 4) is 0 Å². The topological polar surface area (TPSA) is 87.5 Å². The zero-order valence-electron chi connectivity index (χ0n) is 14.5. The summed E-state index contributed by atoms with van der Waals surface area (Å²) in [7, 11) is 0. The second-order valence-electron chi connectivity index (χ2n) is 5.95. The standard InChI is InChI=1S/C13H18O2.C6H5NO2.Cr/c1-9(2)8-11-4-6-12(7-5-11)10(3)13(14)15;8-6(9)5-2-1-3-7-4-5;/h4-7,9-10H,8H2,1-3H3,(H,14,15);1-4H,(H,8,9);. The van der Waals surface area contributed by atoms with E-state index in [0.29, 0.717) is 5.92 Å². The van der Waals surface area contributed by atoms with Gasteiger partial charge in [-0.15, -0.1) is 0 Å². The molecule has 6 heteroatoms. The summed E-state index contributed by atoms with van der Waals surface area (Å²) < 4.78 is 0. The van der Waals surface area contributed by atoms with E-state index < -0.39 is 17.9 Å². The third-order valence-corrected chi connectivity index (χ3v) is 3.40. The zero-order valence-corrected chi connectivity index (χ0v) is 15.8. The Bertz CT molecular complexity index is 657. The van der Waals surface area contributed by atoms with Crippen molar-refractivity contribution in [3.63, 3.8) is 0 Å². The molecule has 0 aliphatic carbocycles. The SMILES string of the molecule is CC(C)Cc1ccc(C(C)C(=O)O)cc1.O=C(O)c1cccnc1.[Cr]. The molecule has 134 valence electrons. The molecule has 0 fully saturated rings. The summed E-state index contributed by atoms with van der Waals surface area (Å²) in [5, 5.41) is 17.2. The van der Waals surface area contributed by atoms with Crippen LogP contribution in [0.4, 0.5) is 0 Å². The molecule has 0 bridgehead atoms. The fraction of sp³-hybridized carbons (Fsp3) is 0.316. The first-order chi connectivity index (χ1) is 11.3. The Balaban J connectivity index is 0.000000495. The molecule has 1 heterocycles. The van der Waals surface area contributed by atoms with E-state index in [1.165, 1.54) is 24.0 Å². The van der Waals surface area contributed by atoms with Gasteiger partial charge in [0.2, 0.25) is 0 Å². The van der Waals surface area contributed by atoms with Crippen LogP contribution in [0.2, 0.25) is 0 Å². The smallest absolute Gasteiger partial charge is 0.337 e. The second kappa shape index (κ2) is 11.4. The maximum absolute atomic E-state index is 10.8. The van der Waals surface area contributed by atoms with E-state index in [0.717, 1.165) is 12.0 Å². The molecule has 1 unspecified atom stereocenters. The minimum absolute atomic E-state index is 0. The average Bonchev–Trinajstić information content (AvgIpc) is 2.55.